The third-order valence-corrected chi connectivity index (χ3v) is 4.71. The largest absolute Gasteiger partial charge is 0.451 e. The number of nitrogens with zero attached hydrogens (tertiary/aromatic N) is 2. The summed E-state index contributed by atoms with van der Waals surface area (Å²) in [6.07, 6.45) is 0. The fourth-order valence-electron chi connectivity index (χ4n) is 2.40. The van der Waals surface area contributed by atoms with Gasteiger partial charge < -0.3 is 4.74 Å². The molecular formula is C19H13FN2O3S. The molecule has 130 valence electrons. The molecule has 7 heteroatoms. The van der Waals surface area contributed by atoms with Crippen LogP contribution in [0.5, 0.6) is 0 Å². The Kier molecular flexibility index (Phi) is 5.25. The van der Waals surface area contributed by atoms with E-state index >= 15 is 0 Å². The summed E-state index contributed by atoms with van der Waals surface area (Å²) in [7, 11) is 0. The number of fused-ring (bicyclic) bond motifs is 1. The zero-order valence-electron chi connectivity index (χ0n) is 13.5. The molecule has 0 spiro atoms. The monoisotopic (exact) mass is 368 g/mol. The van der Waals surface area contributed by atoms with Gasteiger partial charge in [0.15, 0.2) is 6.61 Å². The van der Waals surface area contributed by atoms with Gasteiger partial charge in [-0.05, 0) is 30.3 Å². The maximum absolute atomic E-state index is 13.7. The Labute approximate surface area is 152 Å². The van der Waals surface area contributed by atoms with Gasteiger partial charge >= 0.3 is 5.97 Å². The van der Waals surface area contributed by atoms with Crippen LogP contribution in [0.2, 0.25) is 0 Å². The lowest BCUT2D eigenvalue weighted by Gasteiger charge is -2.19. The van der Waals surface area contributed by atoms with Crippen LogP contribution in [0.1, 0.15) is 9.67 Å². The fraction of sp³-hybridized carbons (Fsp3) is 0.105. The van der Waals surface area contributed by atoms with Crippen molar-refractivity contribution in [3.05, 3.63) is 65.3 Å². The second kappa shape index (κ2) is 7.76. The first-order valence-electron chi connectivity index (χ1n) is 7.67. The van der Waals surface area contributed by atoms with E-state index in [1.807, 2.05) is 6.07 Å². The molecule has 0 aliphatic rings. The summed E-state index contributed by atoms with van der Waals surface area (Å²) >= 11 is 1.09. The molecule has 1 aromatic heterocycles. The highest BCUT2D eigenvalue weighted by atomic mass is 32.1. The summed E-state index contributed by atoms with van der Waals surface area (Å²) in [5.74, 6) is -1.64. The van der Waals surface area contributed by atoms with Crippen molar-refractivity contribution in [1.82, 2.24) is 0 Å². The van der Waals surface area contributed by atoms with Crippen LogP contribution in [0.15, 0.2) is 54.6 Å². The summed E-state index contributed by atoms with van der Waals surface area (Å²) in [5, 5.41) is 9.26. The maximum Gasteiger partial charge on any atom is 0.348 e. The van der Waals surface area contributed by atoms with Crippen LogP contribution in [0.25, 0.3) is 10.1 Å². The Morgan fingerprint density at radius 1 is 1.15 bits per heavy atom. The first-order valence-corrected chi connectivity index (χ1v) is 8.49. The number of amides is 1. The quantitative estimate of drug-likeness (QED) is 0.508. The number of benzene rings is 2. The number of nitriles is 1. The van der Waals surface area contributed by atoms with Crippen LogP contribution in [0.4, 0.5) is 10.1 Å². The van der Waals surface area contributed by atoms with Crippen molar-refractivity contribution in [3.63, 3.8) is 0 Å². The highest BCUT2D eigenvalue weighted by molar-refractivity contribution is 7.20. The van der Waals surface area contributed by atoms with Gasteiger partial charge in [-0.15, -0.1) is 11.3 Å². The number of para-hydroxylation sites is 1. The van der Waals surface area contributed by atoms with Crippen LogP contribution >= 0.6 is 11.3 Å². The standard InChI is InChI=1S/C19H13FN2O3S/c20-15-7-4-8-16-14(15)11-17(26-16)19(24)25-12-18(23)22(10-9-21)13-5-2-1-3-6-13/h1-8,11H,10,12H2. The maximum atomic E-state index is 13.7. The van der Waals surface area contributed by atoms with E-state index in [9.17, 15) is 14.0 Å². The molecule has 0 atom stereocenters. The number of rotatable bonds is 5. The molecule has 1 amide bonds. The third kappa shape index (κ3) is 3.71. The van der Waals surface area contributed by atoms with Crippen molar-refractivity contribution < 1.29 is 18.7 Å². The van der Waals surface area contributed by atoms with Gasteiger partial charge in [0.05, 0.1) is 6.07 Å². The van der Waals surface area contributed by atoms with Crippen LogP contribution < -0.4 is 4.90 Å². The van der Waals surface area contributed by atoms with Crippen molar-refractivity contribution in [2.24, 2.45) is 0 Å². The highest BCUT2D eigenvalue weighted by Gasteiger charge is 2.19. The fourth-order valence-corrected chi connectivity index (χ4v) is 3.37. The van der Waals surface area contributed by atoms with E-state index < -0.39 is 24.3 Å². The topological polar surface area (TPSA) is 70.4 Å². The average molecular weight is 368 g/mol. The number of carbonyl (C=O) groups is 2. The molecule has 3 aromatic rings. The molecule has 0 radical (unpaired) electrons. The summed E-state index contributed by atoms with van der Waals surface area (Å²) in [5.41, 5.74) is 0.541. The van der Waals surface area contributed by atoms with Gasteiger partial charge in [-0.3, -0.25) is 9.69 Å². The summed E-state index contributed by atoms with van der Waals surface area (Å²) in [4.78, 5) is 26.0. The molecule has 0 aliphatic heterocycles. The number of halogens is 1. The second-order valence-electron chi connectivity index (χ2n) is 5.31. The van der Waals surface area contributed by atoms with E-state index in [-0.39, 0.29) is 11.4 Å². The Morgan fingerprint density at radius 2 is 1.92 bits per heavy atom. The smallest absolute Gasteiger partial charge is 0.348 e. The Morgan fingerprint density at radius 3 is 2.62 bits per heavy atom. The Bertz CT molecular complexity index is 995. The molecule has 0 unspecified atom stereocenters. The predicted molar refractivity (Wildman–Crippen MR) is 96.5 cm³/mol. The van der Waals surface area contributed by atoms with Crippen molar-refractivity contribution in [2.75, 3.05) is 18.1 Å². The zero-order chi connectivity index (χ0) is 18.5. The molecule has 0 saturated carbocycles. The van der Waals surface area contributed by atoms with Crippen LogP contribution in [-0.4, -0.2) is 25.0 Å². The third-order valence-electron chi connectivity index (χ3n) is 3.63. The van der Waals surface area contributed by atoms with Crippen LogP contribution in [0, 0.1) is 17.1 Å². The van der Waals surface area contributed by atoms with E-state index in [4.69, 9.17) is 10.00 Å². The minimum Gasteiger partial charge on any atom is -0.451 e. The molecule has 0 bridgehead atoms. The molecule has 1 heterocycles. The molecular weight excluding hydrogens is 355 g/mol. The lowest BCUT2D eigenvalue weighted by molar-refractivity contribution is -0.121. The number of thiophene rings is 1. The molecule has 0 N–H and O–H groups in total. The van der Waals surface area contributed by atoms with Crippen LogP contribution in [-0.2, 0) is 9.53 Å². The average Bonchev–Trinajstić information content (AvgIpc) is 3.10. The van der Waals surface area contributed by atoms with Crippen molar-refractivity contribution in [2.45, 2.75) is 0 Å². The van der Waals surface area contributed by atoms with Gasteiger partial charge in [0, 0.05) is 15.8 Å². The molecule has 26 heavy (non-hydrogen) atoms. The van der Waals surface area contributed by atoms with Gasteiger partial charge in [0.2, 0.25) is 0 Å². The highest BCUT2D eigenvalue weighted by Crippen LogP contribution is 2.28. The molecule has 0 fully saturated rings. The Hall–Kier alpha value is -3.24. The van der Waals surface area contributed by atoms with E-state index in [0.29, 0.717) is 15.8 Å². The summed E-state index contributed by atoms with van der Waals surface area (Å²) in [6, 6.07) is 16.5. The summed E-state index contributed by atoms with van der Waals surface area (Å²) in [6.45, 7) is -0.666. The predicted octanol–water partition coefficient (Wildman–Crippen LogP) is 3.75. The lowest BCUT2D eigenvalue weighted by Crippen LogP contribution is -2.35. The van der Waals surface area contributed by atoms with E-state index in [0.717, 1.165) is 11.3 Å². The number of hydrogen-bond acceptors (Lipinski definition) is 5. The van der Waals surface area contributed by atoms with Crippen molar-refractivity contribution >= 4 is 39.0 Å². The summed E-state index contributed by atoms with van der Waals surface area (Å²) < 4.78 is 19.4. The van der Waals surface area contributed by atoms with E-state index in [1.54, 1.807) is 42.5 Å². The molecule has 0 aliphatic carbocycles. The first kappa shape index (κ1) is 17.6. The minimum atomic E-state index is -0.705. The minimum absolute atomic E-state index is 0.158. The lowest BCUT2D eigenvalue weighted by atomic mass is 10.2. The van der Waals surface area contributed by atoms with Gasteiger partial charge in [0.1, 0.15) is 17.2 Å². The molecule has 3 rings (SSSR count). The van der Waals surface area contributed by atoms with Gasteiger partial charge in [-0.25, -0.2) is 9.18 Å². The van der Waals surface area contributed by atoms with Gasteiger partial charge in [0.25, 0.3) is 5.91 Å². The number of carbonyl (C=O) groups excluding carboxylic acids is 2. The normalized spacial score (nSPS) is 10.3. The van der Waals surface area contributed by atoms with E-state index in [2.05, 4.69) is 0 Å². The number of hydrogen-bond donors (Lipinski definition) is 0. The number of anilines is 1. The first-order chi connectivity index (χ1) is 12.6. The molecule has 5 nitrogen and oxygen atoms in total. The number of ether oxygens (including phenoxy) is 1. The Balaban J connectivity index is 1.70. The number of esters is 1. The van der Waals surface area contributed by atoms with Gasteiger partial charge in [-0.2, -0.15) is 5.26 Å². The SMILES string of the molecule is N#CCN(C(=O)COC(=O)c1cc2c(F)cccc2s1)c1ccccc1. The van der Waals surface area contributed by atoms with Crippen LogP contribution in [0.3, 0.4) is 0 Å². The van der Waals surface area contributed by atoms with Crippen molar-refractivity contribution in [1.29, 1.82) is 5.26 Å². The molecule has 2 aromatic carbocycles. The molecule has 0 saturated heterocycles. The van der Waals surface area contributed by atoms with Crippen molar-refractivity contribution in [3.8, 4) is 6.07 Å². The second-order valence-corrected chi connectivity index (χ2v) is 6.40. The van der Waals surface area contributed by atoms with Gasteiger partial charge in [-0.1, -0.05) is 24.3 Å². The van der Waals surface area contributed by atoms with E-state index in [1.165, 1.54) is 17.0 Å². The zero-order valence-corrected chi connectivity index (χ0v) is 14.3.